The van der Waals surface area contributed by atoms with Gasteiger partial charge in [0.1, 0.15) is 5.75 Å². The summed E-state index contributed by atoms with van der Waals surface area (Å²) in [6.07, 6.45) is 0. The van der Waals surface area contributed by atoms with Crippen LogP contribution >= 0.6 is 11.6 Å². The van der Waals surface area contributed by atoms with E-state index in [-0.39, 0.29) is 0 Å². The van der Waals surface area contributed by atoms with Gasteiger partial charge in [0.15, 0.2) is 0 Å². The van der Waals surface area contributed by atoms with Gasteiger partial charge in [-0.15, -0.1) is 0 Å². The zero-order chi connectivity index (χ0) is 8.97. The van der Waals surface area contributed by atoms with E-state index in [2.05, 4.69) is 0 Å². The summed E-state index contributed by atoms with van der Waals surface area (Å²) >= 11 is 5.57. The van der Waals surface area contributed by atoms with Crippen LogP contribution in [0.4, 0.5) is 0 Å². The van der Waals surface area contributed by atoms with E-state index in [0.29, 0.717) is 0 Å². The van der Waals surface area contributed by atoms with Crippen molar-refractivity contribution in [3.63, 3.8) is 0 Å². The molecule has 0 aromatic heterocycles. The first-order valence-corrected chi connectivity index (χ1v) is 4.13. The Morgan fingerprint density at radius 3 is 2.33 bits per heavy atom. The SMILES string of the molecule is COc1ccc(C(C)=CCl)cc1. The Bertz CT molecular complexity index is 274. The van der Waals surface area contributed by atoms with Crippen LogP contribution in [0.25, 0.3) is 5.57 Å². The molecule has 0 saturated carbocycles. The third-order valence-corrected chi connectivity index (χ3v) is 2.04. The van der Waals surface area contributed by atoms with Gasteiger partial charge in [-0.1, -0.05) is 23.7 Å². The quantitative estimate of drug-likeness (QED) is 0.682. The van der Waals surface area contributed by atoms with E-state index in [1.807, 2.05) is 31.2 Å². The Labute approximate surface area is 77.6 Å². The maximum atomic E-state index is 5.57. The maximum Gasteiger partial charge on any atom is 0.118 e. The van der Waals surface area contributed by atoms with Gasteiger partial charge in [-0.2, -0.15) is 0 Å². The maximum absolute atomic E-state index is 5.57. The molecule has 0 unspecified atom stereocenters. The molecule has 1 rings (SSSR count). The average molecular weight is 183 g/mol. The summed E-state index contributed by atoms with van der Waals surface area (Å²) in [5.41, 5.74) is 3.74. The van der Waals surface area contributed by atoms with E-state index in [4.69, 9.17) is 16.3 Å². The summed E-state index contributed by atoms with van der Waals surface area (Å²) in [6, 6.07) is 7.79. The van der Waals surface area contributed by atoms with Crippen LogP contribution in [0.5, 0.6) is 5.75 Å². The standard InChI is InChI=1S/C10H11ClO/c1-8(7-11)9-3-5-10(12-2)6-4-9/h3-7H,1-2H3. The van der Waals surface area contributed by atoms with Crippen molar-refractivity contribution in [3.05, 3.63) is 35.4 Å². The molecule has 0 amide bonds. The van der Waals surface area contributed by atoms with Gasteiger partial charge < -0.3 is 4.74 Å². The fourth-order valence-electron chi connectivity index (χ4n) is 0.917. The summed E-state index contributed by atoms with van der Waals surface area (Å²) in [4.78, 5) is 0. The lowest BCUT2D eigenvalue weighted by Gasteiger charge is -2.01. The van der Waals surface area contributed by atoms with Gasteiger partial charge in [0, 0.05) is 5.54 Å². The summed E-state index contributed by atoms with van der Waals surface area (Å²) in [7, 11) is 1.65. The molecule has 64 valence electrons. The molecule has 0 radical (unpaired) electrons. The second kappa shape index (κ2) is 4.17. The number of benzene rings is 1. The van der Waals surface area contributed by atoms with Crippen LogP contribution < -0.4 is 4.74 Å². The highest BCUT2D eigenvalue weighted by Crippen LogP contribution is 2.18. The first-order chi connectivity index (χ1) is 5.77. The predicted octanol–water partition coefficient (Wildman–Crippen LogP) is 3.29. The Balaban J connectivity index is 2.92. The molecular formula is C10H11ClO. The highest BCUT2D eigenvalue weighted by atomic mass is 35.5. The largest absolute Gasteiger partial charge is 0.497 e. The lowest BCUT2D eigenvalue weighted by Crippen LogP contribution is -1.83. The first kappa shape index (κ1) is 9.14. The normalized spacial score (nSPS) is 11.4. The van der Waals surface area contributed by atoms with E-state index in [0.717, 1.165) is 16.9 Å². The fraction of sp³-hybridized carbons (Fsp3) is 0.200. The second-order valence-corrected chi connectivity index (χ2v) is 2.74. The van der Waals surface area contributed by atoms with Crippen LogP contribution in [-0.4, -0.2) is 7.11 Å². The molecule has 1 aromatic rings. The molecular weight excluding hydrogens is 172 g/mol. The molecule has 1 nitrogen and oxygen atoms in total. The van der Waals surface area contributed by atoms with Gasteiger partial charge in [0.2, 0.25) is 0 Å². The average Bonchev–Trinajstić information content (AvgIpc) is 2.17. The van der Waals surface area contributed by atoms with Gasteiger partial charge in [-0.3, -0.25) is 0 Å². The molecule has 0 aliphatic carbocycles. The Kier molecular flexibility index (Phi) is 3.18. The minimum atomic E-state index is 0.862. The molecule has 0 saturated heterocycles. The Hall–Kier alpha value is -0.950. The van der Waals surface area contributed by atoms with Crippen molar-refractivity contribution in [1.82, 2.24) is 0 Å². The van der Waals surface area contributed by atoms with Crippen LogP contribution in [0, 0.1) is 0 Å². The lowest BCUT2D eigenvalue weighted by molar-refractivity contribution is 0.415. The highest BCUT2D eigenvalue weighted by molar-refractivity contribution is 6.28. The first-order valence-electron chi connectivity index (χ1n) is 3.69. The molecule has 0 fully saturated rings. The topological polar surface area (TPSA) is 9.23 Å². The van der Waals surface area contributed by atoms with Gasteiger partial charge in [0.25, 0.3) is 0 Å². The second-order valence-electron chi connectivity index (χ2n) is 2.52. The Morgan fingerprint density at radius 1 is 1.33 bits per heavy atom. The van der Waals surface area contributed by atoms with E-state index < -0.39 is 0 Å². The zero-order valence-corrected chi connectivity index (χ0v) is 7.93. The van der Waals surface area contributed by atoms with Crippen molar-refractivity contribution < 1.29 is 4.74 Å². The molecule has 0 atom stereocenters. The van der Waals surface area contributed by atoms with Crippen LogP contribution in [0.15, 0.2) is 29.8 Å². The smallest absolute Gasteiger partial charge is 0.118 e. The summed E-state index contributed by atoms with van der Waals surface area (Å²) < 4.78 is 5.03. The van der Waals surface area contributed by atoms with Gasteiger partial charge in [0.05, 0.1) is 7.11 Å². The number of ether oxygens (including phenoxy) is 1. The van der Waals surface area contributed by atoms with Gasteiger partial charge in [-0.25, -0.2) is 0 Å². The van der Waals surface area contributed by atoms with Crippen LogP contribution in [0.2, 0.25) is 0 Å². The monoisotopic (exact) mass is 182 g/mol. The molecule has 0 heterocycles. The third-order valence-electron chi connectivity index (χ3n) is 1.71. The third kappa shape index (κ3) is 2.02. The molecule has 0 spiro atoms. The molecule has 2 heteroatoms. The molecule has 0 aliphatic rings. The number of hydrogen-bond acceptors (Lipinski definition) is 1. The minimum absolute atomic E-state index is 0.862. The minimum Gasteiger partial charge on any atom is -0.497 e. The number of halogens is 1. The molecule has 0 aliphatic heterocycles. The van der Waals surface area contributed by atoms with E-state index in [1.165, 1.54) is 0 Å². The number of methoxy groups -OCH3 is 1. The van der Waals surface area contributed by atoms with Crippen molar-refractivity contribution in [2.24, 2.45) is 0 Å². The van der Waals surface area contributed by atoms with E-state index >= 15 is 0 Å². The van der Waals surface area contributed by atoms with Crippen molar-refractivity contribution in [2.75, 3.05) is 7.11 Å². The van der Waals surface area contributed by atoms with Crippen molar-refractivity contribution in [3.8, 4) is 5.75 Å². The number of hydrogen-bond donors (Lipinski definition) is 0. The van der Waals surface area contributed by atoms with Gasteiger partial charge >= 0.3 is 0 Å². The Morgan fingerprint density at radius 2 is 1.92 bits per heavy atom. The van der Waals surface area contributed by atoms with Crippen molar-refractivity contribution >= 4 is 17.2 Å². The van der Waals surface area contributed by atoms with Crippen LogP contribution in [-0.2, 0) is 0 Å². The van der Waals surface area contributed by atoms with Crippen molar-refractivity contribution in [2.45, 2.75) is 6.92 Å². The highest BCUT2D eigenvalue weighted by Gasteiger charge is 1.94. The molecule has 1 aromatic carbocycles. The fourth-order valence-corrected chi connectivity index (χ4v) is 1.04. The molecule has 0 bridgehead atoms. The zero-order valence-electron chi connectivity index (χ0n) is 7.17. The van der Waals surface area contributed by atoms with E-state index in [1.54, 1.807) is 12.6 Å². The van der Waals surface area contributed by atoms with Gasteiger partial charge in [-0.05, 0) is 30.2 Å². The lowest BCUT2D eigenvalue weighted by atomic mass is 10.1. The summed E-state index contributed by atoms with van der Waals surface area (Å²) in [6.45, 7) is 1.97. The molecule has 12 heavy (non-hydrogen) atoms. The predicted molar refractivity (Wildman–Crippen MR) is 52.5 cm³/mol. The number of allylic oxidation sites excluding steroid dienone is 1. The number of rotatable bonds is 2. The van der Waals surface area contributed by atoms with E-state index in [9.17, 15) is 0 Å². The van der Waals surface area contributed by atoms with Crippen LogP contribution in [0.3, 0.4) is 0 Å². The van der Waals surface area contributed by atoms with Crippen molar-refractivity contribution in [1.29, 1.82) is 0 Å². The summed E-state index contributed by atoms with van der Waals surface area (Å²) in [5.74, 6) is 0.862. The molecule has 0 N–H and O–H groups in total. The summed E-state index contributed by atoms with van der Waals surface area (Å²) in [5, 5.41) is 0. The van der Waals surface area contributed by atoms with Crippen LogP contribution in [0.1, 0.15) is 12.5 Å².